The second kappa shape index (κ2) is 6.57. The molecule has 1 nitrogen and oxygen atoms in total. The summed E-state index contributed by atoms with van der Waals surface area (Å²) in [5.74, 6) is 2.81. The summed E-state index contributed by atoms with van der Waals surface area (Å²) in [6, 6.07) is 3.75. The smallest absolute Gasteiger partial charge is 0.113 e. The zero-order valence-corrected chi connectivity index (χ0v) is 9.00. The summed E-state index contributed by atoms with van der Waals surface area (Å²) in [6.45, 7) is 0. The minimum atomic E-state index is 0.688. The Morgan fingerprint density at radius 1 is 1.58 bits per heavy atom. The van der Waals surface area contributed by atoms with Crippen LogP contribution in [0.15, 0.2) is 34.3 Å². The maximum atomic E-state index is 4.91. The predicted molar refractivity (Wildman–Crippen MR) is 60.6 cm³/mol. The van der Waals surface area contributed by atoms with Crippen LogP contribution in [-0.2, 0) is 5.75 Å². The van der Waals surface area contributed by atoms with Gasteiger partial charge in [-0.3, -0.25) is 0 Å². The molecule has 1 aliphatic rings. The van der Waals surface area contributed by atoms with Crippen LogP contribution >= 0.6 is 34.2 Å². The normalized spacial score (nSPS) is 14.1. The summed E-state index contributed by atoms with van der Waals surface area (Å²) in [4.78, 5) is 0. The summed E-state index contributed by atoms with van der Waals surface area (Å²) in [6.07, 6.45) is 3.81. The van der Waals surface area contributed by atoms with E-state index in [-0.39, 0.29) is 0 Å². The van der Waals surface area contributed by atoms with Crippen molar-refractivity contribution in [2.75, 3.05) is 5.75 Å². The van der Waals surface area contributed by atoms with E-state index in [1.165, 1.54) is 5.75 Å². The lowest BCUT2D eigenvalue weighted by molar-refractivity contribution is 0.531. The Morgan fingerprint density at radius 3 is 2.75 bits per heavy atom. The topological polar surface area (TPSA) is 13.1 Å². The van der Waals surface area contributed by atoms with Crippen molar-refractivity contribution in [1.82, 2.24) is 0 Å². The predicted octanol–water partition coefficient (Wildman–Crippen LogP) is 3.60. The first-order valence-corrected chi connectivity index (χ1v) is 6.51. The molecule has 1 aromatic heterocycles. The summed E-state index contributed by atoms with van der Waals surface area (Å²) < 4.78 is 4.91. The number of hydrogen-bond donors (Lipinski definition) is 1. The molecule has 1 aliphatic heterocycles. The Kier molecular flexibility index (Phi) is 5.56. The monoisotopic (exact) mass is 218 g/mol. The highest BCUT2D eigenvalue weighted by Gasteiger charge is 1.86. The molecule has 4 heteroatoms. The molecule has 1 aromatic rings. The molecular formula is C8H10OS3. The van der Waals surface area contributed by atoms with Gasteiger partial charge in [-0.2, -0.15) is 12.6 Å². The summed E-state index contributed by atoms with van der Waals surface area (Å²) >= 11 is 3.98. The van der Waals surface area contributed by atoms with Gasteiger partial charge in [0.15, 0.2) is 0 Å². The van der Waals surface area contributed by atoms with E-state index in [1.54, 1.807) is 6.26 Å². The lowest BCUT2D eigenvalue weighted by Crippen LogP contribution is -1.62. The largest absolute Gasteiger partial charge is 0.468 e. The molecule has 0 saturated carbocycles. The van der Waals surface area contributed by atoms with Crippen molar-refractivity contribution >= 4 is 34.2 Å². The minimum absolute atomic E-state index is 0.688. The molecule has 0 aliphatic carbocycles. The van der Waals surface area contributed by atoms with Crippen molar-refractivity contribution in [2.24, 2.45) is 0 Å². The van der Waals surface area contributed by atoms with Crippen LogP contribution in [0.25, 0.3) is 0 Å². The van der Waals surface area contributed by atoms with Gasteiger partial charge >= 0.3 is 0 Å². The maximum Gasteiger partial charge on any atom is 0.113 e. The van der Waals surface area contributed by atoms with Gasteiger partial charge in [0.1, 0.15) is 5.76 Å². The first-order valence-electron chi connectivity index (χ1n) is 3.50. The second-order valence-corrected chi connectivity index (χ2v) is 4.62. The molecule has 2 heterocycles. The molecular weight excluding hydrogens is 208 g/mol. The van der Waals surface area contributed by atoms with Gasteiger partial charge in [0.05, 0.1) is 6.26 Å². The summed E-state index contributed by atoms with van der Waals surface area (Å²) in [5.41, 5.74) is 0. The third-order valence-corrected chi connectivity index (χ3v) is 3.35. The van der Waals surface area contributed by atoms with Crippen molar-refractivity contribution in [1.29, 1.82) is 0 Å². The van der Waals surface area contributed by atoms with Crippen molar-refractivity contribution in [2.45, 2.75) is 5.75 Å². The molecule has 0 spiro atoms. The zero-order valence-electron chi connectivity index (χ0n) is 6.47. The fourth-order valence-corrected chi connectivity index (χ4v) is 2.35. The van der Waals surface area contributed by atoms with Crippen LogP contribution in [0.2, 0.25) is 0 Å². The fourth-order valence-electron chi connectivity index (χ4n) is 0.599. The van der Waals surface area contributed by atoms with E-state index in [9.17, 15) is 0 Å². The van der Waals surface area contributed by atoms with Crippen LogP contribution in [0, 0.1) is 0 Å². The van der Waals surface area contributed by atoms with E-state index >= 15 is 0 Å². The zero-order chi connectivity index (χ0) is 8.65. The van der Waals surface area contributed by atoms with Gasteiger partial charge in [0, 0.05) is 11.5 Å². The van der Waals surface area contributed by atoms with E-state index in [0.717, 1.165) is 5.76 Å². The Bertz CT molecular complexity index is 212. The molecule has 0 atom stereocenters. The van der Waals surface area contributed by atoms with E-state index in [0.29, 0.717) is 5.75 Å². The molecule has 0 N–H and O–H groups in total. The van der Waals surface area contributed by atoms with E-state index in [1.807, 2.05) is 33.7 Å². The van der Waals surface area contributed by atoms with Gasteiger partial charge in [0.2, 0.25) is 0 Å². The van der Waals surface area contributed by atoms with Crippen LogP contribution in [0.3, 0.4) is 0 Å². The van der Waals surface area contributed by atoms with Gasteiger partial charge < -0.3 is 4.42 Å². The van der Waals surface area contributed by atoms with Crippen molar-refractivity contribution in [3.63, 3.8) is 0 Å². The lowest BCUT2D eigenvalue weighted by Gasteiger charge is -1.79. The van der Waals surface area contributed by atoms with Gasteiger partial charge in [-0.15, -0.1) is 0 Å². The van der Waals surface area contributed by atoms with E-state index < -0.39 is 0 Å². The first kappa shape index (κ1) is 10.2. The molecule has 66 valence electrons. The molecule has 0 bridgehead atoms. The Balaban J connectivity index is 0.000000127. The van der Waals surface area contributed by atoms with Gasteiger partial charge in [0.25, 0.3) is 0 Å². The second-order valence-electron chi connectivity index (χ2n) is 1.99. The maximum absolute atomic E-state index is 4.91. The SMILES string of the molecule is C1=CSSC1.SCc1ccco1. The Morgan fingerprint density at radius 2 is 2.50 bits per heavy atom. The van der Waals surface area contributed by atoms with Crippen LogP contribution in [-0.4, -0.2) is 5.75 Å². The highest BCUT2D eigenvalue weighted by Crippen LogP contribution is 2.27. The van der Waals surface area contributed by atoms with Crippen molar-refractivity contribution < 1.29 is 4.42 Å². The number of hydrogen-bond acceptors (Lipinski definition) is 4. The van der Waals surface area contributed by atoms with E-state index in [2.05, 4.69) is 24.1 Å². The van der Waals surface area contributed by atoms with Gasteiger partial charge in [-0.05, 0) is 17.5 Å². The standard InChI is InChI=1S/C5H6OS.C3H4S2/c7-4-5-2-1-3-6-5;1-2-4-5-3-1/h1-3,7H,4H2;1-2H,3H2. The highest BCUT2D eigenvalue weighted by molar-refractivity contribution is 8.78. The minimum Gasteiger partial charge on any atom is -0.468 e. The van der Waals surface area contributed by atoms with Gasteiger partial charge in [-0.25, -0.2) is 0 Å². The van der Waals surface area contributed by atoms with Crippen LogP contribution in [0.1, 0.15) is 5.76 Å². The summed E-state index contributed by atoms with van der Waals surface area (Å²) in [7, 11) is 3.69. The quantitative estimate of drug-likeness (QED) is 0.572. The molecule has 12 heavy (non-hydrogen) atoms. The molecule has 0 saturated heterocycles. The molecule has 0 unspecified atom stereocenters. The fraction of sp³-hybridized carbons (Fsp3) is 0.250. The molecule has 0 fully saturated rings. The molecule has 0 amide bonds. The van der Waals surface area contributed by atoms with Crippen LogP contribution < -0.4 is 0 Å². The third kappa shape index (κ3) is 4.18. The van der Waals surface area contributed by atoms with E-state index in [4.69, 9.17) is 4.42 Å². The van der Waals surface area contributed by atoms with Crippen molar-refractivity contribution in [3.8, 4) is 0 Å². The average Bonchev–Trinajstić information content (AvgIpc) is 2.81. The van der Waals surface area contributed by atoms with Crippen molar-refractivity contribution in [3.05, 3.63) is 35.6 Å². The van der Waals surface area contributed by atoms with Crippen LogP contribution in [0.4, 0.5) is 0 Å². The number of rotatable bonds is 1. The highest BCUT2D eigenvalue weighted by atomic mass is 33.1. The number of thiol groups is 1. The average molecular weight is 218 g/mol. The molecule has 0 aromatic carbocycles. The Labute approximate surface area is 85.8 Å². The molecule has 2 rings (SSSR count). The number of furan rings is 1. The van der Waals surface area contributed by atoms with Gasteiger partial charge in [-0.1, -0.05) is 27.7 Å². The van der Waals surface area contributed by atoms with Crippen LogP contribution in [0.5, 0.6) is 0 Å². The molecule has 0 radical (unpaired) electrons. The third-order valence-electron chi connectivity index (χ3n) is 1.12. The lowest BCUT2D eigenvalue weighted by atomic mass is 10.5. The Hall–Kier alpha value is 0.0700. The first-order chi connectivity index (χ1) is 5.93. The summed E-state index contributed by atoms with van der Waals surface area (Å²) in [5, 5.41) is 2.12.